The first-order valence-corrected chi connectivity index (χ1v) is 11.0. The molecule has 0 bridgehead atoms. The van der Waals surface area contributed by atoms with Crippen LogP contribution in [0, 0.1) is 23.2 Å². The van der Waals surface area contributed by atoms with Gasteiger partial charge in [0.1, 0.15) is 12.1 Å². The highest BCUT2D eigenvalue weighted by molar-refractivity contribution is 5.93. The number of hydrogen-bond acceptors (Lipinski definition) is 5. The summed E-state index contributed by atoms with van der Waals surface area (Å²) in [5.74, 6) is -0.439. The number of fused-ring (bicyclic) bond motifs is 1. The van der Waals surface area contributed by atoms with Crippen LogP contribution in [0.25, 0.3) is 0 Å². The van der Waals surface area contributed by atoms with Crippen LogP contribution in [0.5, 0.6) is 0 Å². The van der Waals surface area contributed by atoms with E-state index in [4.69, 9.17) is 0 Å². The monoisotopic (exact) mass is 421 g/mol. The van der Waals surface area contributed by atoms with Crippen molar-refractivity contribution < 1.29 is 19.2 Å². The number of likely N-dealkylation sites (tertiary alicyclic amines) is 1. The van der Waals surface area contributed by atoms with E-state index in [9.17, 15) is 19.2 Å². The Morgan fingerprint density at radius 2 is 1.93 bits per heavy atom. The second-order valence-electron chi connectivity index (χ2n) is 9.94. The third-order valence-electron chi connectivity index (χ3n) is 6.63. The molecule has 0 radical (unpaired) electrons. The molecule has 2 saturated heterocycles. The van der Waals surface area contributed by atoms with E-state index in [-0.39, 0.29) is 35.5 Å². The predicted molar refractivity (Wildman–Crippen MR) is 111 cm³/mol. The molecule has 1 aliphatic carbocycles. The van der Waals surface area contributed by atoms with Crippen molar-refractivity contribution in [2.45, 2.75) is 65.5 Å². The maximum Gasteiger partial charge on any atom is 0.257 e. The molecular formula is C21H35N5O4. The molecule has 5 atom stereocenters. The van der Waals surface area contributed by atoms with E-state index in [1.807, 2.05) is 20.8 Å². The van der Waals surface area contributed by atoms with Gasteiger partial charge < -0.3 is 15.5 Å². The van der Waals surface area contributed by atoms with Gasteiger partial charge in [-0.25, -0.2) is 5.43 Å². The number of nitrogens with one attached hydrogen (secondary N) is 4. The van der Waals surface area contributed by atoms with E-state index in [0.717, 1.165) is 25.7 Å². The van der Waals surface area contributed by atoms with Gasteiger partial charge in [-0.05, 0) is 36.5 Å². The number of carbonyl (C=O) groups is 4. The average Bonchev–Trinajstić information content (AvgIpc) is 3.34. The Morgan fingerprint density at radius 1 is 1.20 bits per heavy atom. The van der Waals surface area contributed by atoms with E-state index < -0.39 is 17.5 Å². The average molecular weight is 422 g/mol. The summed E-state index contributed by atoms with van der Waals surface area (Å²) in [5, 5.41) is 5.56. The van der Waals surface area contributed by atoms with Crippen LogP contribution in [0.3, 0.4) is 0 Å². The lowest BCUT2D eigenvalue weighted by molar-refractivity contribution is -0.144. The smallest absolute Gasteiger partial charge is 0.257 e. The van der Waals surface area contributed by atoms with Crippen molar-refractivity contribution in [2.75, 3.05) is 19.6 Å². The van der Waals surface area contributed by atoms with Gasteiger partial charge in [0.05, 0.1) is 5.92 Å². The Bertz CT molecular complexity index is 704. The fourth-order valence-corrected chi connectivity index (χ4v) is 5.06. The summed E-state index contributed by atoms with van der Waals surface area (Å²) >= 11 is 0. The van der Waals surface area contributed by atoms with E-state index in [0.29, 0.717) is 25.6 Å². The summed E-state index contributed by atoms with van der Waals surface area (Å²) in [5.41, 5.74) is 5.16. The number of hydrogen-bond donors (Lipinski definition) is 4. The van der Waals surface area contributed by atoms with E-state index in [2.05, 4.69) is 21.5 Å². The van der Waals surface area contributed by atoms with Gasteiger partial charge in [0.15, 0.2) is 0 Å². The highest BCUT2D eigenvalue weighted by Gasteiger charge is 2.51. The van der Waals surface area contributed by atoms with E-state index in [1.54, 1.807) is 4.90 Å². The van der Waals surface area contributed by atoms with Crippen LogP contribution in [0.4, 0.5) is 0 Å². The van der Waals surface area contributed by atoms with Crippen LogP contribution in [-0.2, 0) is 19.2 Å². The Hall–Kier alpha value is -2.16. The molecule has 1 saturated carbocycles. The number of carbonyl (C=O) groups excluding carboxylic acids is 4. The van der Waals surface area contributed by atoms with Crippen LogP contribution in [0.2, 0.25) is 0 Å². The van der Waals surface area contributed by atoms with Gasteiger partial charge >= 0.3 is 0 Å². The molecule has 30 heavy (non-hydrogen) atoms. The summed E-state index contributed by atoms with van der Waals surface area (Å²) in [4.78, 5) is 51.6. The molecule has 2 heterocycles. The molecule has 0 aromatic rings. The fourth-order valence-electron chi connectivity index (χ4n) is 5.06. The zero-order valence-electron chi connectivity index (χ0n) is 18.4. The summed E-state index contributed by atoms with van der Waals surface area (Å²) in [6.07, 6.45) is 3.72. The normalized spacial score (nSPS) is 29.3. The first-order valence-electron chi connectivity index (χ1n) is 11.0. The standard InChI is InChI=1S/C21H35N5O4/c1-12(27)24-17(21(2,3)4)20(30)26-11-14-6-5-7-15(14)16(26)19(29)25-23-10-13-8-9-22-18(13)28/h13-17,23H,5-11H2,1-4H3,(H,22,28)(H,24,27)(H,25,29)/t13-,14-,15-,16-,17?/m0/s1. The van der Waals surface area contributed by atoms with E-state index in [1.165, 1.54) is 6.92 Å². The minimum Gasteiger partial charge on any atom is -0.356 e. The molecule has 0 aromatic heterocycles. The number of nitrogens with zero attached hydrogens (tertiary/aromatic N) is 1. The first-order chi connectivity index (χ1) is 14.1. The summed E-state index contributed by atoms with van der Waals surface area (Å²) in [6, 6.07) is -1.26. The van der Waals surface area contributed by atoms with Crippen LogP contribution in [0.1, 0.15) is 53.4 Å². The van der Waals surface area contributed by atoms with Crippen molar-refractivity contribution in [3.63, 3.8) is 0 Å². The molecule has 3 rings (SSSR count). The Labute approximate surface area is 178 Å². The van der Waals surface area contributed by atoms with Gasteiger partial charge in [0.25, 0.3) is 5.91 Å². The lowest BCUT2D eigenvalue weighted by Gasteiger charge is -2.36. The minimum absolute atomic E-state index is 0.00592. The first kappa shape index (κ1) is 22.5. The predicted octanol–water partition coefficient (Wildman–Crippen LogP) is -0.0788. The molecule has 4 N–H and O–H groups in total. The van der Waals surface area contributed by atoms with Gasteiger partial charge in [-0.2, -0.15) is 0 Å². The third kappa shape index (κ3) is 4.77. The molecule has 9 nitrogen and oxygen atoms in total. The molecule has 3 fully saturated rings. The maximum atomic E-state index is 13.5. The Kier molecular flexibility index (Phi) is 6.69. The summed E-state index contributed by atoms with van der Waals surface area (Å²) < 4.78 is 0. The summed E-state index contributed by atoms with van der Waals surface area (Å²) in [6.45, 7) is 8.69. The SMILES string of the molecule is CC(=O)NC(C(=O)N1C[C@@H]2CCC[C@@H]2[C@H]1C(=O)NNC[C@@H]1CCNC1=O)C(C)(C)C. The highest BCUT2D eigenvalue weighted by atomic mass is 16.2. The third-order valence-corrected chi connectivity index (χ3v) is 6.63. The highest BCUT2D eigenvalue weighted by Crippen LogP contribution is 2.43. The Balaban J connectivity index is 1.70. The number of hydrazine groups is 1. The molecule has 0 aromatic carbocycles. The fraction of sp³-hybridized carbons (Fsp3) is 0.810. The molecule has 3 aliphatic rings. The van der Waals surface area contributed by atoms with Crippen molar-refractivity contribution in [3.05, 3.63) is 0 Å². The molecule has 4 amide bonds. The van der Waals surface area contributed by atoms with Crippen LogP contribution < -0.4 is 21.5 Å². The second kappa shape index (κ2) is 8.91. The van der Waals surface area contributed by atoms with Gasteiger partial charge in [-0.1, -0.05) is 27.2 Å². The van der Waals surface area contributed by atoms with Crippen LogP contribution in [0.15, 0.2) is 0 Å². The lowest BCUT2D eigenvalue weighted by atomic mass is 9.85. The van der Waals surface area contributed by atoms with Crippen molar-refractivity contribution in [2.24, 2.45) is 23.2 Å². The molecule has 168 valence electrons. The van der Waals surface area contributed by atoms with Gasteiger partial charge in [0.2, 0.25) is 17.7 Å². The van der Waals surface area contributed by atoms with Crippen LogP contribution >= 0.6 is 0 Å². The van der Waals surface area contributed by atoms with Gasteiger partial charge in [0, 0.05) is 26.6 Å². The molecule has 9 heteroatoms. The van der Waals surface area contributed by atoms with E-state index >= 15 is 0 Å². The van der Waals surface area contributed by atoms with Gasteiger partial charge in [-0.15, -0.1) is 0 Å². The lowest BCUT2D eigenvalue weighted by Crippen LogP contribution is -2.59. The zero-order valence-corrected chi connectivity index (χ0v) is 18.4. The van der Waals surface area contributed by atoms with Crippen molar-refractivity contribution >= 4 is 23.6 Å². The second-order valence-corrected chi connectivity index (χ2v) is 9.94. The molecule has 1 unspecified atom stereocenters. The quantitative estimate of drug-likeness (QED) is 0.447. The largest absolute Gasteiger partial charge is 0.356 e. The molecule has 2 aliphatic heterocycles. The van der Waals surface area contributed by atoms with Gasteiger partial charge in [-0.3, -0.25) is 24.6 Å². The van der Waals surface area contributed by atoms with Crippen LogP contribution in [-0.4, -0.2) is 60.2 Å². The summed E-state index contributed by atoms with van der Waals surface area (Å²) in [7, 11) is 0. The Morgan fingerprint density at radius 3 is 2.53 bits per heavy atom. The topological polar surface area (TPSA) is 120 Å². The number of amides is 4. The molecule has 0 spiro atoms. The van der Waals surface area contributed by atoms with Crippen molar-refractivity contribution in [1.82, 2.24) is 26.4 Å². The zero-order chi connectivity index (χ0) is 22.1. The van der Waals surface area contributed by atoms with Crippen molar-refractivity contribution in [1.29, 1.82) is 0 Å². The number of rotatable bonds is 6. The maximum absolute atomic E-state index is 13.5. The molecular weight excluding hydrogens is 386 g/mol. The minimum atomic E-state index is -0.695. The van der Waals surface area contributed by atoms with Crippen molar-refractivity contribution in [3.8, 4) is 0 Å².